The van der Waals surface area contributed by atoms with Gasteiger partial charge in [0.1, 0.15) is 24.4 Å². The number of aromatic nitrogens is 2. The number of phosphoric ester groups is 2. The Hall–Kier alpha value is -1.83. The summed E-state index contributed by atoms with van der Waals surface area (Å²) in [6, 6.07) is 0.911. The van der Waals surface area contributed by atoms with Crippen LogP contribution in [0.4, 0.5) is 0 Å². The number of aliphatic carboxylic acids is 1. The number of hydrogen-bond donors (Lipinski definition) is 6. The Bertz CT molecular complexity index is 1200. The number of H-pyrrole nitrogens is 1. The van der Waals surface area contributed by atoms with Crippen LogP contribution in [0.3, 0.4) is 0 Å². The van der Waals surface area contributed by atoms with Gasteiger partial charge in [-0.15, -0.1) is 0 Å². The quantitative estimate of drug-likeness (QED) is 0.150. The SMILES string of the molecule is CC1[C@@H](OP(=O)([O-])OP(=O)([O-])OC[C@H]2O[C@@H](n3ccc(=O)[nH]c3=O)C(O)[C@H]2O)OC(C(=O)O)[C@@H](O)[C@@H]1O. The molecule has 1 aromatic heterocycles. The van der Waals surface area contributed by atoms with Crippen molar-refractivity contribution >= 4 is 21.6 Å². The van der Waals surface area contributed by atoms with E-state index in [-0.39, 0.29) is 0 Å². The second-order valence-corrected chi connectivity index (χ2v) is 11.0. The molecule has 19 nitrogen and oxygen atoms in total. The van der Waals surface area contributed by atoms with Crippen LogP contribution in [0.15, 0.2) is 21.9 Å². The molecule has 210 valence electrons. The molecule has 2 aliphatic heterocycles. The average molecular weight is 576 g/mol. The number of phosphoric acid groups is 2. The summed E-state index contributed by atoms with van der Waals surface area (Å²) in [4.78, 5) is 60.2. The molecule has 0 aromatic carbocycles. The number of hydrogen-bond acceptors (Lipinski definition) is 16. The molecule has 0 radical (unpaired) electrons. The van der Waals surface area contributed by atoms with Crippen LogP contribution in [-0.2, 0) is 36.8 Å². The number of nitrogens with one attached hydrogen (secondary N) is 1. The van der Waals surface area contributed by atoms with Gasteiger partial charge in [-0.1, -0.05) is 6.92 Å². The fraction of sp³-hybridized carbons (Fsp3) is 0.688. The first kappa shape index (κ1) is 29.7. The molecule has 5 unspecified atom stereocenters. The zero-order chi connectivity index (χ0) is 27.9. The van der Waals surface area contributed by atoms with Crippen LogP contribution < -0.4 is 21.0 Å². The normalized spacial score (nSPS) is 37.5. The highest BCUT2D eigenvalue weighted by Crippen LogP contribution is 2.57. The second kappa shape index (κ2) is 11.1. The van der Waals surface area contributed by atoms with Crippen molar-refractivity contribution in [1.82, 2.24) is 9.55 Å². The molecule has 0 bridgehead atoms. The van der Waals surface area contributed by atoms with Crippen molar-refractivity contribution in [3.8, 4) is 0 Å². The van der Waals surface area contributed by atoms with E-state index in [0.717, 1.165) is 19.2 Å². The van der Waals surface area contributed by atoms with Crippen LogP contribution in [0.2, 0.25) is 0 Å². The lowest BCUT2D eigenvalue weighted by Crippen LogP contribution is -2.56. The zero-order valence-electron chi connectivity index (χ0n) is 18.5. The molecule has 0 saturated carbocycles. The van der Waals surface area contributed by atoms with E-state index in [1.807, 2.05) is 4.98 Å². The Morgan fingerprint density at radius 1 is 1.08 bits per heavy atom. The summed E-state index contributed by atoms with van der Waals surface area (Å²) in [5.41, 5.74) is -1.78. The van der Waals surface area contributed by atoms with E-state index >= 15 is 0 Å². The number of nitrogens with zero attached hydrogens (tertiary/aromatic N) is 1. The molecule has 0 spiro atoms. The van der Waals surface area contributed by atoms with Gasteiger partial charge >= 0.3 is 11.7 Å². The third kappa shape index (κ3) is 6.79. The molecular formula is C16H22N2O17P2-2. The van der Waals surface area contributed by atoms with Crippen LogP contribution in [0, 0.1) is 5.92 Å². The summed E-state index contributed by atoms with van der Waals surface area (Å²) < 4.78 is 47.5. The van der Waals surface area contributed by atoms with Crippen LogP contribution >= 0.6 is 15.6 Å². The second-order valence-electron chi connectivity index (χ2n) is 8.04. The standard InChI is InChI=1S/C16H24N2O17P2/c1-5-8(20)10(22)12(14(24)25)33-15(5)34-37(29,30)35-36(27,28)31-4-6-9(21)11(23)13(32-6)18-3-2-7(19)17-16(18)26/h2-3,5-6,8-13,15,20-23H,4H2,1H3,(H,24,25)(H,27,28)(H,29,30)(H,17,19,26)/p-2/t5?,6-,8-,9+,10+,11?,12?,13-,15-/m1/s1. The molecule has 11 atom stereocenters. The molecule has 2 saturated heterocycles. The molecule has 0 aliphatic carbocycles. The van der Waals surface area contributed by atoms with Crippen LogP contribution in [0.5, 0.6) is 0 Å². The Morgan fingerprint density at radius 2 is 1.73 bits per heavy atom. The summed E-state index contributed by atoms with van der Waals surface area (Å²) in [5, 5.41) is 48.9. The number of carboxylic acids is 1. The largest absolute Gasteiger partial charge is 0.756 e. The van der Waals surface area contributed by atoms with Crippen molar-refractivity contribution in [2.24, 2.45) is 5.92 Å². The first-order valence-corrected chi connectivity index (χ1v) is 13.2. The van der Waals surface area contributed by atoms with Gasteiger partial charge in [-0.3, -0.25) is 28.0 Å². The first-order valence-electron chi connectivity index (χ1n) is 10.3. The molecule has 6 N–H and O–H groups in total. The van der Waals surface area contributed by atoms with Gasteiger partial charge in [0.05, 0.1) is 12.7 Å². The van der Waals surface area contributed by atoms with Gasteiger partial charge in [-0.25, -0.2) is 13.9 Å². The summed E-state index contributed by atoms with van der Waals surface area (Å²) >= 11 is 0. The number of carbonyl (C=O) groups is 1. The van der Waals surface area contributed by atoms with Crippen molar-refractivity contribution in [2.75, 3.05) is 6.61 Å². The smallest absolute Gasteiger partial charge is 0.335 e. The van der Waals surface area contributed by atoms with E-state index in [0.29, 0.717) is 4.57 Å². The minimum Gasteiger partial charge on any atom is -0.756 e. The van der Waals surface area contributed by atoms with Gasteiger partial charge in [0, 0.05) is 18.2 Å². The molecule has 21 heteroatoms. The topological polar surface area (TPSA) is 299 Å². The van der Waals surface area contributed by atoms with Crippen LogP contribution in [0.25, 0.3) is 0 Å². The van der Waals surface area contributed by atoms with Gasteiger partial charge in [-0.2, -0.15) is 0 Å². The molecule has 3 heterocycles. The van der Waals surface area contributed by atoms with Gasteiger partial charge in [0.15, 0.2) is 18.6 Å². The first-order chi connectivity index (χ1) is 17.0. The number of aliphatic hydroxyl groups is 4. The fourth-order valence-electron chi connectivity index (χ4n) is 3.51. The highest BCUT2D eigenvalue weighted by Gasteiger charge is 2.48. The zero-order valence-corrected chi connectivity index (χ0v) is 20.3. The summed E-state index contributed by atoms with van der Waals surface area (Å²) in [5.74, 6) is -3.13. The monoisotopic (exact) mass is 576 g/mol. The highest BCUT2D eigenvalue weighted by molar-refractivity contribution is 7.59. The Kier molecular flexibility index (Phi) is 8.93. The molecule has 3 rings (SSSR count). The van der Waals surface area contributed by atoms with Gasteiger partial charge < -0.3 is 49.3 Å². The van der Waals surface area contributed by atoms with Crippen LogP contribution in [-0.4, -0.2) is 90.6 Å². The van der Waals surface area contributed by atoms with E-state index < -0.39 is 94.5 Å². The molecule has 0 amide bonds. The number of aliphatic hydroxyl groups excluding tert-OH is 4. The number of aromatic amines is 1. The van der Waals surface area contributed by atoms with E-state index in [4.69, 9.17) is 14.6 Å². The Balaban J connectivity index is 1.63. The lowest BCUT2D eigenvalue weighted by Gasteiger charge is -2.42. The number of rotatable bonds is 9. The van der Waals surface area contributed by atoms with Gasteiger partial charge in [0.25, 0.3) is 21.2 Å². The molecule has 2 aliphatic rings. The van der Waals surface area contributed by atoms with E-state index in [1.54, 1.807) is 0 Å². The Labute approximate surface area is 205 Å². The summed E-state index contributed by atoms with van der Waals surface area (Å²) in [6.45, 7) is -0.00587. The third-order valence-electron chi connectivity index (χ3n) is 5.44. The molecule has 37 heavy (non-hydrogen) atoms. The van der Waals surface area contributed by atoms with Crippen molar-refractivity contribution in [3.63, 3.8) is 0 Å². The molecule has 2 fully saturated rings. The lowest BCUT2D eigenvalue weighted by atomic mass is 9.92. The van der Waals surface area contributed by atoms with Gasteiger partial charge in [0.2, 0.25) is 0 Å². The Morgan fingerprint density at radius 3 is 2.32 bits per heavy atom. The van der Waals surface area contributed by atoms with Crippen molar-refractivity contribution in [2.45, 2.75) is 56.1 Å². The molecular weight excluding hydrogens is 554 g/mol. The van der Waals surface area contributed by atoms with Crippen molar-refractivity contribution < 1.29 is 72.1 Å². The van der Waals surface area contributed by atoms with E-state index in [1.165, 1.54) is 0 Å². The van der Waals surface area contributed by atoms with Crippen molar-refractivity contribution in [3.05, 3.63) is 33.1 Å². The van der Waals surface area contributed by atoms with Gasteiger partial charge in [-0.05, 0) is 0 Å². The molecule has 1 aromatic rings. The predicted molar refractivity (Wildman–Crippen MR) is 108 cm³/mol. The third-order valence-corrected chi connectivity index (χ3v) is 7.98. The number of carboxylic acid groups (broad SMARTS) is 1. The van der Waals surface area contributed by atoms with E-state index in [9.17, 15) is 53.7 Å². The van der Waals surface area contributed by atoms with Crippen molar-refractivity contribution in [1.29, 1.82) is 0 Å². The van der Waals surface area contributed by atoms with Crippen LogP contribution in [0.1, 0.15) is 13.2 Å². The summed E-state index contributed by atoms with van der Waals surface area (Å²) in [6.07, 6.45) is -13.9. The maximum Gasteiger partial charge on any atom is 0.335 e. The number of ether oxygens (including phenoxy) is 2. The maximum atomic E-state index is 12.1. The lowest BCUT2D eigenvalue weighted by molar-refractivity contribution is -0.288. The predicted octanol–water partition coefficient (Wildman–Crippen LogP) is -4.69. The minimum absolute atomic E-state index is 0.698. The average Bonchev–Trinajstić information content (AvgIpc) is 3.05. The summed E-state index contributed by atoms with van der Waals surface area (Å²) in [7, 11) is -11.7. The minimum atomic E-state index is -5.88. The fourth-order valence-corrected chi connectivity index (χ4v) is 5.65. The maximum absolute atomic E-state index is 12.1. The highest BCUT2D eigenvalue weighted by atomic mass is 31.3. The van der Waals surface area contributed by atoms with E-state index in [2.05, 4.69) is 13.4 Å².